The Hall–Kier alpha value is -1.56. The topological polar surface area (TPSA) is 40.2 Å². The lowest BCUT2D eigenvalue weighted by atomic mass is 10.0. The Kier molecular flexibility index (Phi) is 8.95. The summed E-state index contributed by atoms with van der Waals surface area (Å²) in [5, 5.41) is 0. The predicted octanol–water partition coefficient (Wildman–Crippen LogP) is 3.45. The van der Waals surface area contributed by atoms with E-state index in [4.69, 9.17) is 18.9 Å². The zero-order valence-electron chi connectivity index (χ0n) is 16.5. The molecular weight excluding hydrogens is 330 g/mol. The van der Waals surface area contributed by atoms with E-state index in [1.807, 2.05) is 13.0 Å². The molecule has 1 aliphatic rings. The molecule has 5 nitrogen and oxygen atoms in total. The second-order valence-electron chi connectivity index (χ2n) is 6.58. The van der Waals surface area contributed by atoms with E-state index < -0.39 is 0 Å². The quantitative estimate of drug-likeness (QED) is 0.532. The van der Waals surface area contributed by atoms with Gasteiger partial charge in [0, 0.05) is 38.9 Å². The van der Waals surface area contributed by atoms with Crippen LogP contribution >= 0.6 is 0 Å². The Morgan fingerprint density at radius 2 is 2.19 bits per heavy atom. The van der Waals surface area contributed by atoms with Gasteiger partial charge in [-0.25, -0.2) is 0 Å². The van der Waals surface area contributed by atoms with Crippen molar-refractivity contribution >= 4 is 0 Å². The predicted molar refractivity (Wildman–Crippen MR) is 104 cm³/mol. The maximum Gasteiger partial charge on any atom is 0.164 e. The number of methoxy groups -OCH3 is 2. The molecule has 146 valence electrons. The van der Waals surface area contributed by atoms with Crippen LogP contribution in [0.5, 0.6) is 11.5 Å². The van der Waals surface area contributed by atoms with Crippen molar-refractivity contribution in [2.24, 2.45) is 0 Å². The fourth-order valence-corrected chi connectivity index (χ4v) is 3.41. The second-order valence-corrected chi connectivity index (χ2v) is 6.58. The number of rotatable bonds is 12. The van der Waals surface area contributed by atoms with Gasteiger partial charge in [0.15, 0.2) is 11.5 Å². The maximum atomic E-state index is 5.82. The van der Waals surface area contributed by atoms with Gasteiger partial charge in [-0.1, -0.05) is 12.1 Å². The molecule has 26 heavy (non-hydrogen) atoms. The highest BCUT2D eigenvalue weighted by Gasteiger charge is 2.20. The van der Waals surface area contributed by atoms with Gasteiger partial charge in [-0.2, -0.15) is 0 Å². The summed E-state index contributed by atoms with van der Waals surface area (Å²) in [7, 11) is 3.43. The molecule has 0 N–H and O–H groups in total. The first-order chi connectivity index (χ1) is 12.7. The number of nitrogens with zero attached hydrogens (tertiary/aromatic N) is 1. The molecule has 1 aromatic rings. The van der Waals surface area contributed by atoms with Crippen molar-refractivity contribution in [3.63, 3.8) is 0 Å². The lowest BCUT2D eigenvalue weighted by Gasteiger charge is -2.26. The molecule has 0 spiro atoms. The molecule has 0 aliphatic carbocycles. The van der Waals surface area contributed by atoms with Crippen LogP contribution in [0, 0.1) is 0 Å². The van der Waals surface area contributed by atoms with Crippen molar-refractivity contribution in [3.8, 4) is 11.5 Å². The SMILES string of the molecule is C=CCc1cc(CN(CCOC)CC2CCCO2)cc(OCC)c1OC. The van der Waals surface area contributed by atoms with Crippen molar-refractivity contribution < 1.29 is 18.9 Å². The first-order valence-electron chi connectivity index (χ1n) is 9.48. The summed E-state index contributed by atoms with van der Waals surface area (Å²) < 4.78 is 22.5. The fraction of sp³-hybridized carbons (Fsp3) is 0.619. The average Bonchev–Trinajstić information content (AvgIpc) is 3.13. The van der Waals surface area contributed by atoms with E-state index in [0.29, 0.717) is 19.3 Å². The minimum Gasteiger partial charge on any atom is -0.493 e. The lowest BCUT2D eigenvalue weighted by molar-refractivity contribution is 0.0587. The summed E-state index contributed by atoms with van der Waals surface area (Å²) in [5.74, 6) is 1.60. The lowest BCUT2D eigenvalue weighted by Crippen LogP contribution is -2.34. The Bertz CT molecular complexity index is 555. The number of hydrogen-bond donors (Lipinski definition) is 0. The van der Waals surface area contributed by atoms with Crippen molar-refractivity contribution in [1.82, 2.24) is 4.90 Å². The van der Waals surface area contributed by atoms with Crippen LogP contribution in [0.25, 0.3) is 0 Å². The molecule has 1 saturated heterocycles. The molecule has 1 atom stereocenters. The minimum atomic E-state index is 0.323. The monoisotopic (exact) mass is 363 g/mol. The molecule has 5 heteroatoms. The average molecular weight is 363 g/mol. The zero-order valence-corrected chi connectivity index (χ0v) is 16.5. The maximum absolute atomic E-state index is 5.82. The number of ether oxygens (including phenoxy) is 4. The molecule has 0 bridgehead atoms. The number of hydrogen-bond acceptors (Lipinski definition) is 5. The van der Waals surface area contributed by atoms with Gasteiger partial charge in [-0.15, -0.1) is 6.58 Å². The fourth-order valence-electron chi connectivity index (χ4n) is 3.41. The van der Waals surface area contributed by atoms with Crippen LogP contribution in [0.15, 0.2) is 24.8 Å². The largest absolute Gasteiger partial charge is 0.493 e. The van der Waals surface area contributed by atoms with Crippen LogP contribution in [0.2, 0.25) is 0 Å². The Balaban J connectivity index is 2.20. The Labute approximate surface area is 157 Å². The summed E-state index contributed by atoms with van der Waals surface area (Å²) in [6.07, 6.45) is 5.26. The van der Waals surface area contributed by atoms with Crippen LogP contribution in [0.3, 0.4) is 0 Å². The standard InChI is InChI=1S/C21H33NO4/c1-5-8-18-13-17(14-20(25-6-2)21(18)24-4)15-22(10-12-23-3)16-19-9-7-11-26-19/h5,13-14,19H,1,6-12,15-16H2,2-4H3. The van der Waals surface area contributed by atoms with E-state index in [2.05, 4.69) is 23.6 Å². The third-order valence-electron chi connectivity index (χ3n) is 4.56. The molecule has 2 rings (SSSR count). The summed E-state index contributed by atoms with van der Waals surface area (Å²) in [6, 6.07) is 4.28. The molecule has 0 saturated carbocycles. The highest BCUT2D eigenvalue weighted by molar-refractivity contribution is 5.50. The second kappa shape index (κ2) is 11.2. The van der Waals surface area contributed by atoms with E-state index in [1.54, 1.807) is 14.2 Å². The summed E-state index contributed by atoms with van der Waals surface area (Å²) in [6.45, 7) is 10.7. The van der Waals surface area contributed by atoms with Gasteiger partial charge < -0.3 is 18.9 Å². The smallest absolute Gasteiger partial charge is 0.164 e. The first-order valence-corrected chi connectivity index (χ1v) is 9.48. The highest BCUT2D eigenvalue weighted by Crippen LogP contribution is 2.34. The van der Waals surface area contributed by atoms with Gasteiger partial charge >= 0.3 is 0 Å². The van der Waals surface area contributed by atoms with Crippen molar-refractivity contribution in [1.29, 1.82) is 0 Å². The molecule has 1 fully saturated rings. The minimum absolute atomic E-state index is 0.323. The Morgan fingerprint density at radius 3 is 2.81 bits per heavy atom. The van der Waals surface area contributed by atoms with E-state index in [1.165, 1.54) is 5.56 Å². The van der Waals surface area contributed by atoms with Crippen LogP contribution in [0.4, 0.5) is 0 Å². The van der Waals surface area contributed by atoms with Gasteiger partial charge in [0.05, 0.1) is 26.4 Å². The third-order valence-corrected chi connectivity index (χ3v) is 4.56. The molecule has 1 heterocycles. The summed E-state index contributed by atoms with van der Waals surface area (Å²) in [5.41, 5.74) is 2.31. The van der Waals surface area contributed by atoms with Gasteiger partial charge in [0.25, 0.3) is 0 Å². The third kappa shape index (κ3) is 6.01. The van der Waals surface area contributed by atoms with E-state index in [-0.39, 0.29) is 0 Å². The van der Waals surface area contributed by atoms with Crippen LogP contribution in [-0.4, -0.2) is 58.1 Å². The van der Waals surface area contributed by atoms with Gasteiger partial charge in [-0.05, 0) is 37.8 Å². The van der Waals surface area contributed by atoms with Crippen molar-refractivity contribution in [2.45, 2.75) is 38.8 Å². The molecule has 0 aromatic heterocycles. The molecule has 1 unspecified atom stereocenters. The van der Waals surface area contributed by atoms with E-state index >= 15 is 0 Å². The molecule has 0 amide bonds. The molecular formula is C21H33NO4. The van der Waals surface area contributed by atoms with Gasteiger partial charge in [0.1, 0.15) is 0 Å². The molecule has 1 aromatic carbocycles. The highest BCUT2D eigenvalue weighted by atomic mass is 16.5. The molecule has 1 aliphatic heterocycles. The summed E-state index contributed by atoms with van der Waals surface area (Å²) in [4.78, 5) is 2.40. The van der Waals surface area contributed by atoms with Crippen molar-refractivity contribution in [2.75, 3.05) is 47.1 Å². The molecule has 0 radical (unpaired) electrons. The zero-order chi connectivity index (χ0) is 18.8. The first kappa shape index (κ1) is 20.7. The van der Waals surface area contributed by atoms with Crippen molar-refractivity contribution in [3.05, 3.63) is 35.9 Å². The number of benzene rings is 1. The van der Waals surface area contributed by atoms with Crippen LogP contribution in [-0.2, 0) is 22.4 Å². The van der Waals surface area contributed by atoms with Crippen LogP contribution in [0.1, 0.15) is 30.9 Å². The van der Waals surface area contributed by atoms with E-state index in [0.717, 1.165) is 62.6 Å². The number of allylic oxidation sites excluding steroid dienone is 1. The van der Waals surface area contributed by atoms with Gasteiger partial charge in [-0.3, -0.25) is 4.90 Å². The van der Waals surface area contributed by atoms with E-state index in [9.17, 15) is 0 Å². The Morgan fingerprint density at radius 1 is 1.35 bits per heavy atom. The normalized spacial score (nSPS) is 16.8. The van der Waals surface area contributed by atoms with Crippen LogP contribution < -0.4 is 9.47 Å². The summed E-state index contributed by atoms with van der Waals surface area (Å²) >= 11 is 0. The van der Waals surface area contributed by atoms with Gasteiger partial charge in [0.2, 0.25) is 0 Å².